The Bertz CT molecular complexity index is 457. The third-order valence-corrected chi connectivity index (χ3v) is 3.24. The summed E-state index contributed by atoms with van der Waals surface area (Å²) in [5.74, 6) is -0.313. The Balaban J connectivity index is 2.09. The lowest BCUT2D eigenvalue weighted by Gasteiger charge is -2.37. The van der Waals surface area contributed by atoms with Gasteiger partial charge in [0.2, 0.25) is 0 Å². The molecule has 0 spiro atoms. The Morgan fingerprint density at radius 3 is 2.60 bits per heavy atom. The van der Waals surface area contributed by atoms with Gasteiger partial charge in [-0.2, -0.15) is 0 Å². The highest BCUT2D eigenvalue weighted by molar-refractivity contribution is 5.65. The van der Waals surface area contributed by atoms with Gasteiger partial charge in [-0.15, -0.1) is 0 Å². The third kappa shape index (κ3) is 3.47. The number of aliphatic hydroxyl groups excluding tert-OH is 2. The monoisotopic (exact) mass is 282 g/mol. The van der Waals surface area contributed by atoms with Crippen molar-refractivity contribution >= 4 is 5.97 Å². The van der Waals surface area contributed by atoms with Crippen LogP contribution in [-0.4, -0.2) is 46.2 Å². The number of hydrogen-bond donors (Lipinski definition) is 3. The molecule has 3 unspecified atom stereocenters. The number of ether oxygens (including phenoxy) is 2. The number of benzene rings is 1. The Morgan fingerprint density at radius 1 is 1.35 bits per heavy atom. The van der Waals surface area contributed by atoms with Crippen LogP contribution in [0.3, 0.4) is 0 Å². The first-order valence-corrected chi connectivity index (χ1v) is 6.41. The van der Waals surface area contributed by atoms with E-state index in [4.69, 9.17) is 9.47 Å². The fourth-order valence-electron chi connectivity index (χ4n) is 2.21. The molecule has 1 aliphatic rings. The Kier molecular flexibility index (Phi) is 4.59. The highest BCUT2D eigenvalue weighted by Crippen LogP contribution is 2.32. The van der Waals surface area contributed by atoms with Crippen molar-refractivity contribution in [3.63, 3.8) is 0 Å². The van der Waals surface area contributed by atoms with Crippen molar-refractivity contribution in [2.45, 2.75) is 37.8 Å². The van der Waals surface area contributed by atoms with Gasteiger partial charge < -0.3 is 24.8 Å². The van der Waals surface area contributed by atoms with E-state index in [0.29, 0.717) is 5.56 Å². The molecule has 6 nitrogen and oxygen atoms in total. The van der Waals surface area contributed by atoms with E-state index in [9.17, 15) is 20.1 Å². The molecule has 6 heteroatoms. The molecule has 1 fully saturated rings. The van der Waals surface area contributed by atoms with E-state index < -0.39 is 30.4 Å². The van der Waals surface area contributed by atoms with E-state index in [0.717, 1.165) is 0 Å². The first kappa shape index (κ1) is 14.8. The fourth-order valence-corrected chi connectivity index (χ4v) is 2.21. The second-order valence-corrected chi connectivity index (χ2v) is 4.87. The lowest BCUT2D eigenvalue weighted by atomic mass is 9.93. The number of carbonyl (C=O) groups is 1. The molecular formula is C14H18O6. The zero-order chi connectivity index (χ0) is 14.7. The predicted octanol–water partition coefficient (Wildman–Crippen LogP) is 0.507. The quantitative estimate of drug-likeness (QED) is 0.699. The molecule has 0 radical (unpaired) electrons. The fraction of sp³-hybridized carbons (Fsp3) is 0.500. The molecule has 0 saturated carbocycles. The van der Waals surface area contributed by atoms with Crippen LogP contribution in [0.2, 0.25) is 0 Å². The Morgan fingerprint density at radius 2 is 2.00 bits per heavy atom. The number of esters is 1. The first-order valence-electron chi connectivity index (χ1n) is 6.41. The van der Waals surface area contributed by atoms with Crippen LogP contribution < -0.4 is 0 Å². The van der Waals surface area contributed by atoms with Crippen molar-refractivity contribution in [1.82, 2.24) is 0 Å². The normalized spacial score (nSPS) is 29.9. The van der Waals surface area contributed by atoms with Crippen LogP contribution in [0, 0.1) is 0 Å². The van der Waals surface area contributed by atoms with E-state index in [-0.39, 0.29) is 18.8 Å². The first-order chi connectivity index (χ1) is 9.47. The van der Waals surface area contributed by atoms with E-state index in [1.165, 1.54) is 19.1 Å². The van der Waals surface area contributed by atoms with Crippen molar-refractivity contribution in [3.8, 4) is 5.75 Å². The molecule has 1 heterocycles. The lowest BCUT2D eigenvalue weighted by molar-refractivity contribution is -0.187. The minimum Gasteiger partial charge on any atom is -0.508 e. The molecular weight excluding hydrogens is 264 g/mol. The van der Waals surface area contributed by atoms with E-state index in [1.54, 1.807) is 12.1 Å². The van der Waals surface area contributed by atoms with Crippen molar-refractivity contribution in [2.24, 2.45) is 0 Å². The van der Waals surface area contributed by atoms with Crippen LogP contribution in [0.1, 0.15) is 25.0 Å². The summed E-state index contributed by atoms with van der Waals surface area (Å²) in [7, 11) is 0. The summed E-state index contributed by atoms with van der Waals surface area (Å²) in [5.41, 5.74) is 0.641. The number of phenols is 1. The largest absolute Gasteiger partial charge is 0.508 e. The molecule has 20 heavy (non-hydrogen) atoms. The highest BCUT2D eigenvalue weighted by Gasteiger charge is 2.37. The molecule has 0 bridgehead atoms. The maximum absolute atomic E-state index is 10.8. The summed E-state index contributed by atoms with van der Waals surface area (Å²) >= 11 is 0. The SMILES string of the molecule is CC(=O)OCC1CC(O)C(O)[C@@H](c2ccc(O)cc2)O1. The summed E-state index contributed by atoms with van der Waals surface area (Å²) < 4.78 is 10.5. The van der Waals surface area contributed by atoms with Gasteiger partial charge in [-0.25, -0.2) is 0 Å². The lowest BCUT2D eigenvalue weighted by Crippen LogP contribution is -2.45. The van der Waals surface area contributed by atoms with Crippen LogP contribution in [0.15, 0.2) is 24.3 Å². The summed E-state index contributed by atoms with van der Waals surface area (Å²) in [6.07, 6.45) is -3.02. The van der Waals surface area contributed by atoms with Crippen LogP contribution in [0.5, 0.6) is 5.75 Å². The molecule has 1 aromatic carbocycles. The zero-order valence-corrected chi connectivity index (χ0v) is 11.1. The summed E-state index contributed by atoms with van der Waals surface area (Å²) in [5, 5.41) is 29.1. The van der Waals surface area contributed by atoms with Gasteiger partial charge in [0.05, 0.1) is 12.2 Å². The molecule has 110 valence electrons. The average Bonchev–Trinajstić information content (AvgIpc) is 2.41. The van der Waals surface area contributed by atoms with Gasteiger partial charge >= 0.3 is 5.97 Å². The average molecular weight is 282 g/mol. The number of aromatic hydroxyl groups is 1. The molecule has 2 rings (SSSR count). The summed E-state index contributed by atoms with van der Waals surface area (Å²) in [6, 6.07) is 6.19. The van der Waals surface area contributed by atoms with Crippen molar-refractivity contribution < 1.29 is 29.6 Å². The molecule has 3 N–H and O–H groups in total. The van der Waals surface area contributed by atoms with Gasteiger partial charge in [0.25, 0.3) is 0 Å². The van der Waals surface area contributed by atoms with Crippen molar-refractivity contribution in [3.05, 3.63) is 29.8 Å². The van der Waals surface area contributed by atoms with Crippen LogP contribution in [0.25, 0.3) is 0 Å². The molecule has 1 saturated heterocycles. The van der Waals surface area contributed by atoms with Gasteiger partial charge in [0.1, 0.15) is 24.6 Å². The van der Waals surface area contributed by atoms with Gasteiger partial charge in [-0.3, -0.25) is 4.79 Å². The maximum atomic E-state index is 10.8. The van der Waals surface area contributed by atoms with Crippen molar-refractivity contribution in [2.75, 3.05) is 6.61 Å². The zero-order valence-electron chi connectivity index (χ0n) is 11.1. The Labute approximate surface area is 116 Å². The molecule has 0 amide bonds. The number of carbonyl (C=O) groups excluding carboxylic acids is 1. The number of aliphatic hydroxyl groups is 2. The molecule has 0 aliphatic carbocycles. The van der Waals surface area contributed by atoms with Gasteiger partial charge in [-0.05, 0) is 17.7 Å². The predicted molar refractivity (Wildman–Crippen MR) is 69.0 cm³/mol. The third-order valence-electron chi connectivity index (χ3n) is 3.24. The minimum absolute atomic E-state index is 0.0354. The maximum Gasteiger partial charge on any atom is 0.302 e. The topological polar surface area (TPSA) is 96.2 Å². The van der Waals surface area contributed by atoms with Gasteiger partial charge in [-0.1, -0.05) is 12.1 Å². The van der Waals surface area contributed by atoms with Crippen molar-refractivity contribution in [1.29, 1.82) is 0 Å². The van der Waals surface area contributed by atoms with E-state index in [1.807, 2.05) is 0 Å². The van der Waals surface area contributed by atoms with Crippen LogP contribution in [0.4, 0.5) is 0 Å². The minimum atomic E-state index is -1.06. The number of rotatable bonds is 3. The molecule has 4 atom stereocenters. The standard InChI is InChI=1S/C14H18O6/c1-8(15)19-7-11-6-12(17)13(18)14(20-11)9-2-4-10(16)5-3-9/h2-5,11-14,16-18H,6-7H2,1H3/t11?,12?,13?,14-/m1/s1. The molecule has 0 aromatic heterocycles. The second kappa shape index (κ2) is 6.21. The molecule has 1 aromatic rings. The van der Waals surface area contributed by atoms with Gasteiger partial charge in [0.15, 0.2) is 0 Å². The van der Waals surface area contributed by atoms with E-state index >= 15 is 0 Å². The summed E-state index contributed by atoms with van der Waals surface area (Å²) in [6.45, 7) is 1.33. The second-order valence-electron chi connectivity index (χ2n) is 4.87. The number of hydrogen-bond acceptors (Lipinski definition) is 6. The number of phenolic OH excluding ortho intramolecular Hbond substituents is 1. The smallest absolute Gasteiger partial charge is 0.302 e. The van der Waals surface area contributed by atoms with Gasteiger partial charge in [0, 0.05) is 13.3 Å². The van der Waals surface area contributed by atoms with Crippen LogP contribution in [-0.2, 0) is 14.3 Å². The highest BCUT2D eigenvalue weighted by atomic mass is 16.6. The van der Waals surface area contributed by atoms with E-state index in [2.05, 4.69) is 0 Å². The Hall–Kier alpha value is -1.63. The van der Waals surface area contributed by atoms with Crippen LogP contribution >= 0.6 is 0 Å². The molecule has 1 aliphatic heterocycles. The summed E-state index contributed by atoms with van der Waals surface area (Å²) in [4.78, 5) is 10.8.